The molecule has 0 bridgehead atoms. The minimum absolute atomic E-state index is 0.433. The summed E-state index contributed by atoms with van der Waals surface area (Å²) in [5, 5.41) is 1.27. The van der Waals surface area contributed by atoms with Gasteiger partial charge in [0.25, 0.3) is 0 Å². The summed E-state index contributed by atoms with van der Waals surface area (Å²) in [6, 6.07) is 10.8. The third-order valence-electron chi connectivity index (χ3n) is 3.66. The lowest BCUT2D eigenvalue weighted by Gasteiger charge is -2.08. The van der Waals surface area contributed by atoms with Gasteiger partial charge in [-0.05, 0) is 45.0 Å². The maximum atomic E-state index is 5.86. The smallest absolute Gasteiger partial charge is 0.138 e. The zero-order valence-corrected chi connectivity index (χ0v) is 12.7. The highest BCUT2D eigenvalue weighted by molar-refractivity contribution is 5.84. The Hall–Kier alpha value is -2.29. The van der Waals surface area contributed by atoms with E-state index in [2.05, 4.69) is 54.7 Å². The van der Waals surface area contributed by atoms with Crippen molar-refractivity contribution in [2.24, 2.45) is 0 Å². The summed E-state index contributed by atoms with van der Waals surface area (Å²) in [4.78, 5) is 4.08. The molecule has 0 amide bonds. The molecule has 0 N–H and O–H groups in total. The fraction of sp³-hybridized carbons (Fsp3) is 0.278. The Morgan fingerprint density at radius 3 is 2.81 bits per heavy atom. The van der Waals surface area contributed by atoms with Crippen molar-refractivity contribution in [3.63, 3.8) is 0 Å². The lowest BCUT2D eigenvalue weighted by atomic mass is 10.1. The summed E-state index contributed by atoms with van der Waals surface area (Å²) in [6.07, 6.45) is 5.69. The maximum Gasteiger partial charge on any atom is 0.138 e. The fourth-order valence-corrected chi connectivity index (χ4v) is 2.58. The zero-order valence-electron chi connectivity index (χ0n) is 12.7. The predicted octanol–water partition coefficient (Wildman–Crippen LogP) is 4.50. The average molecular weight is 280 g/mol. The molecule has 0 saturated carbocycles. The SMILES string of the molecule is Cc1ccc2c(c1)c(COc1cccnc1)cn2C(C)C. The number of aromatic nitrogens is 2. The first-order chi connectivity index (χ1) is 10.1. The molecule has 0 radical (unpaired) electrons. The number of hydrogen-bond donors (Lipinski definition) is 0. The van der Waals surface area contributed by atoms with E-state index in [1.807, 2.05) is 12.1 Å². The summed E-state index contributed by atoms with van der Waals surface area (Å²) in [5.74, 6) is 0.801. The number of fused-ring (bicyclic) bond motifs is 1. The van der Waals surface area contributed by atoms with E-state index in [9.17, 15) is 0 Å². The lowest BCUT2D eigenvalue weighted by molar-refractivity contribution is 0.306. The molecule has 3 nitrogen and oxygen atoms in total. The minimum atomic E-state index is 0.433. The molecule has 0 fully saturated rings. The van der Waals surface area contributed by atoms with Crippen LogP contribution >= 0.6 is 0 Å². The molecule has 0 aliphatic heterocycles. The first-order valence-corrected chi connectivity index (χ1v) is 7.28. The van der Waals surface area contributed by atoms with Gasteiger partial charge in [0.15, 0.2) is 0 Å². The highest BCUT2D eigenvalue weighted by Crippen LogP contribution is 2.26. The minimum Gasteiger partial charge on any atom is -0.487 e. The predicted molar refractivity (Wildman–Crippen MR) is 85.6 cm³/mol. The Kier molecular flexibility index (Phi) is 3.65. The van der Waals surface area contributed by atoms with Gasteiger partial charge in [-0.1, -0.05) is 11.6 Å². The molecule has 0 spiro atoms. The molecule has 3 aromatic rings. The van der Waals surface area contributed by atoms with Gasteiger partial charge in [-0.25, -0.2) is 0 Å². The zero-order chi connectivity index (χ0) is 14.8. The standard InChI is InChI=1S/C18H20N2O/c1-13(2)20-11-15(12-21-16-5-4-8-19-10-16)17-9-14(3)6-7-18(17)20/h4-11,13H,12H2,1-3H3. The molecule has 1 aromatic carbocycles. The van der Waals surface area contributed by atoms with Crippen LogP contribution in [-0.4, -0.2) is 9.55 Å². The van der Waals surface area contributed by atoms with E-state index in [4.69, 9.17) is 4.74 Å². The molecule has 0 saturated heterocycles. The molecule has 3 rings (SSSR count). The Bertz CT molecular complexity index is 745. The van der Waals surface area contributed by atoms with Crippen molar-refractivity contribution < 1.29 is 4.74 Å². The largest absolute Gasteiger partial charge is 0.487 e. The number of rotatable bonds is 4. The first kappa shape index (κ1) is 13.7. The lowest BCUT2D eigenvalue weighted by Crippen LogP contribution is -1.98. The van der Waals surface area contributed by atoms with Crippen LogP contribution in [0, 0.1) is 6.92 Å². The van der Waals surface area contributed by atoms with E-state index < -0.39 is 0 Å². The van der Waals surface area contributed by atoms with Crippen molar-refractivity contribution in [2.45, 2.75) is 33.4 Å². The third-order valence-corrected chi connectivity index (χ3v) is 3.66. The number of benzene rings is 1. The third kappa shape index (κ3) is 2.77. The second-order valence-electron chi connectivity index (χ2n) is 5.65. The average Bonchev–Trinajstić information content (AvgIpc) is 2.84. The van der Waals surface area contributed by atoms with Crippen molar-refractivity contribution in [1.82, 2.24) is 9.55 Å². The quantitative estimate of drug-likeness (QED) is 0.703. The molecule has 0 unspecified atom stereocenters. The number of pyridine rings is 1. The van der Waals surface area contributed by atoms with Crippen LogP contribution in [0.5, 0.6) is 5.75 Å². The first-order valence-electron chi connectivity index (χ1n) is 7.28. The van der Waals surface area contributed by atoms with Crippen LogP contribution in [0.15, 0.2) is 48.9 Å². The highest BCUT2D eigenvalue weighted by Gasteiger charge is 2.11. The molecular formula is C18H20N2O. The summed E-state index contributed by atoms with van der Waals surface area (Å²) >= 11 is 0. The maximum absolute atomic E-state index is 5.86. The molecule has 21 heavy (non-hydrogen) atoms. The molecule has 0 aliphatic carbocycles. The van der Waals surface area contributed by atoms with E-state index in [-0.39, 0.29) is 0 Å². The number of aryl methyl sites for hydroxylation is 1. The van der Waals surface area contributed by atoms with Gasteiger partial charge in [0, 0.05) is 34.9 Å². The van der Waals surface area contributed by atoms with Crippen molar-refractivity contribution in [3.8, 4) is 5.75 Å². The Labute approximate surface area is 125 Å². The molecule has 108 valence electrons. The topological polar surface area (TPSA) is 27.1 Å². The molecule has 3 heteroatoms. The van der Waals surface area contributed by atoms with Crippen LogP contribution in [0.3, 0.4) is 0 Å². The normalized spacial score (nSPS) is 11.2. The van der Waals surface area contributed by atoms with Gasteiger partial charge in [-0.2, -0.15) is 0 Å². The van der Waals surface area contributed by atoms with Crippen LogP contribution in [0.1, 0.15) is 31.0 Å². The van der Waals surface area contributed by atoms with Crippen molar-refractivity contribution in [1.29, 1.82) is 0 Å². The van der Waals surface area contributed by atoms with Gasteiger partial charge in [0.1, 0.15) is 12.4 Å². The second-order valence-corrected chi connectivity index (χ2v) is 5.65. The van der Waals surface area contributed by atoms with Gasteiger partial charge in [0.05, 0.1) is 6.20 Å². The summed E-state index contributed by atoms with van der Waals surface area (Å²) in [5.41, 5.74) is 3.75. The van der Waals surface area contributed by atoms with Gasteiger partial charge in [-0.3, -0.25) is 4.98 Å². The van der Waals surface area contributed by atoms with Gasteiger partial charge in [-0.15, -0.1) is 0 Å². The summed E-state index contributed by atoms with van der Waals surface area (Å²) in [6.45, 7) is 7.08. The van der Waals surface area contributed by atoms with Crippen molar-refractivity contribution in [3.05, 3.63) is 60.0 Å². The highest BCUT2D eigenvalue weighted by atomic mass is 16.5. The van der Waals surface area contributed by atoms with Crippen LogP contribution in [0.2, 0.25) is 0 Å². The fourth-order valence-electron chi connectivity index (χ4n) is 2.58. The Morgan fingerprint density at radius 2 is 2.10 bits per heavy atom. The molecule has 0 aliphatic rings. The monoisotopic (exact) mass is 280 g/mol. The van der Waals surface area contributed by atoms with Gasteiger partial charge >= 0.3 is 0 Å². The van der Waals surface area contributed by atoms with E-state index in [0.717, 1.165) is 5.75 Å². The van der Waals surface area contributed by atoms with Crippen LogP contribution in [0.25, 0.3) is 10.9 Å². The van der Waals surface area contributed by atoms with Gasteiger partial charge < -0.3 is 9.30 Å². The van der Waals surface area contributed by atoms with Crippen LogP contribution in [-0.2, 0) is 6.61 Å². The second kappa shape index (κ2) is 5.60. The number of ether oxygens (including phenoxy) is 1. The Balaban J connectivity index is 1.96. The van der Waals surface area contributed by atoms with Crippen LogP contribution in [0.4, 0.5) is 0 Å². The van der Waals surface area contributed by atoms with Gasteiger partial charge in [0.2, 0.25) is 0 Å². The molecule has 2 heterocycles. The summed E-state index contributed by atoms with van der Waals surface area (Å²) in [7, 11) is 0. The van der Waals surface area contributed by atoms with E-state index in [1.165, 1.54) is 22.0 Å². The number of nitrogens with zero attached hydrogens (tertiary/aromatic N) is 2. The van der Waals surface area contributed by atoms with Crippen LogP contribution < -0.4 is 4.74 Å². The van der Waals surface area contributed by atoms with E-state index >= 15 is 0 Å². The van der Waals surface area contributed by atoms with Crippen molar-refractivity contribution in [2.75, 3.05) is 0 Å². The summed E-state index contributed by atoms with van der Waals surface area (Å²) < 4.78 is 8.16. The number of hydrogen-bond acceptors (Lipinski definition) is 2. The van der Waals surface area contributed by atoms with Crippen molar-refractivity contribution >= 4 is 10.9 Å². The Morgan fingerprint density at radius 1 is 1.24 bits per heavy atom. The van der Waals surface area contributed by atoms with E-state index in [0.29, 0.717) is 12.6 Å². The molecule has 2 aromatic heterocycles. The van der Waals surface area contributed by atoms with E-state index in [1.54, 1.807) is 12.4 Å². The molecule has 0 atom stereocenters. The molecular weight excluding hydrogens is 260 g/mol.